The molecule has 0 saturated heterocycles. The van der Waals surface area contributed by atoms with E-state index in [1.165, 1.54) is 0 Å². The van der Waals surface area contributed by atoms with Gasteiger partial charge in [0, 0.05) is 58.5 Å². The molecule has 4 heteroatoms. The van der Waals surface area contributed by atoms with Crippen LogP contribution in [0.2, 0.25) is 0 Å². The average molecular weight is 537 g/mol. The average Bonchev–Trinajstić information content (AvgIpc) is 2.55. The smallest absolute Gasteiger partial charge is 0.0781 e. The standard InChI is InChI=1S/C18H10NO.Ir.Y/c1-2-6-13(7-3-1)15-10-17-18(19-11-15)16-9-5-4-8-14(16)12-20-17;;/h1-6,8,11H,12H2;;/q-3;;. The van der Waals surface area contributed by atoms with Gasteiger partial charge in [0.15, 0.2) is 0 Å². The van der Waals surface area contributed by atoms with Crippen molar-refractivity contribution in [1.82, 2.24) is 4.98 Å². The van der Waals surface area contributed by atoms with E-state index >= 15 is 0 Å². The number of hydrogen-bond acceptors (Lipinski definition) is 2. The number of hydrogen-bond donors (Lipinski definition) is 0. The van der Waals surface area contributed by atoms with Crippen molar-refractivity contribution < 1.29 is 57.6 Å². The van der Waals surface area contributed by atoms with E-state index in [1.54, 1.807) is 0 Å². The van der Waals surface area contributed by atoms with Gasteiger partial charge in [-0.2, -0.15) is 24.3 Å². The molecule has 2 heterocycles. The van der Waals surface area contributed by atoms with Crippen LogP contribution in [0.1, 0.15) is 5.56 Å². The molecule has 0 amide bonds. The van der Waals surface area contributed by atoms with Crippen LogP contribution in [0.25, 0.3) is 22.4 Å². The van der Waals surface area contributed by atoms with Crippen LogP contribution in [0.3, 0.4) is 0 Å². The molecule has 0 aliphatic carbocycles. The molecule has 0 bridgehead atoms. The maximum Gasteiger partial charge on any atom is 0.0781 e. The molecule has 1 aliphatic heterocycles. The molecule has 0 atom stereocenters. The largest absolute Gasteiger partial charge is 0.516 e. The van der Waals surface area contributed by atoms with Crippen molar-refractivity contribution in [2.75, 3.05) is 0 Å². The van der Waals surface area contributed by atoms with E-state index in [0.717, 1.165) is 27.9 Å². The summed E-state index contributed by atoms with van der Waals surface area (Å²) in [7, 11) is 0. The van der Waals surface area contributed by atoms with Crippen LogP contribution in [0.15, 0.2) is 48.7 Å². The van der Waals surface area contributed by atoms with Crippen molar-refractivity contribution in [3.05, 3.63) is 72.4 Å². The van der Waals surface area contributed by atoms with Crippen LogP contribution >= 0.6 is 0 Å². The Morgan fingerprint density at radius 3 is 2.68 bits per heavy atom. The van der Waals surface area contributed by atoms with Crippen LogP contribution in [0.5, 0.6) is 5.75 Å². The molecule has 2 aromatic carbocycles. The molecule has 0 unspecified atom stereocenters. The van der Waals surface area contributed by atoms with E-state index in [2.05, 4.69) is 23.2 Å². The Labute approximate surface area is 168 Å². The summed E-state index contributed by atoms with van der Waals surface area (Å²) in [5.74, 6) is 0.690. The minimum absolute atomic E-state index is 0. The molecule has 0 spiro atoms. The molecule has 1 aliphatic rings. The van der Waals surface area contributed by atoms with Gasteiger partial charge >= 0.3 is 0 Å². The van der Waals surface area contributed by atoms with Crippen LogP contribution in [-0.4, -0.2) is 4.98 Å². The summed E-state index contributed by atoms with van der Waals surface area (Å²) in [5.41, 5.74) is 4.79. The van der Waals surface area contributed by atoms with Gasteiger partial charge in [0.25, 0.3) is 0 Å². The third kappa shape index (κ3) is 3.23. The van der Waals surface area contributed by atoms with Gasteiger partial charge in [-0.05, 0) is 0 Å². The van der Waals surface area contributed by atoms with Gasteiger partial charge in [0.05, 0.1) is 12.4 Å². The summed E-state index contributed by atoms with van der Waals surface area (Å²) in [6.45, 7) is 0.541. The first kappa shape index (κ1) is 17.5. The van der Waals surface area contributed by atoms with Gasteiger partial charge < -0.3 is 9.72 Å². The zero-order valence-corrected chi connectivity index (χ0v) is 16.8. The quantitative estimate of drug-likeness (QED) is 0.442. The van der Waals surface area contributed by atoms with Crippen LogP contribution in [0, 0.1) is 18.2 Å². The minimum Gasteiger partial charge on any atom is -0.516 e. The molecule has 4 rings (SSSR count). The fourth-order valence-electron chi connectivity index (χ4n) is 2.34. The Morgan fingerprint density at radius 2 is 1.86 bits per heavy atom. The second kappa shape index (κ2) is 7.61. The predicted molar refractivity (Wildman–Crippen MR) is 75.9 cm³/mol. The molecular weight excluding hydrogens is 527 g/mol. The first-order valence-corrected chi connectivity index (χ1v) is 6.44. The molecule has 108 valence electrons. The summed E-state index contributed by atoms with van der Waals surface area (Å²) in [6.07, 6.45) is 1.81. The Bertz CT molecular complexity index is 777. The SMILES string of the molecule is [Ir].[Y].[c-]1ccccc1-c1[c-]c2c(nc1)-c1[c-]cccc1CO2. The zero-order chi connectivity index (χ0) is 13.4. The maximum atomic E-state index is 5.76. The topological polar surface area (TPSA) is 22.1 Å². The Morgan fingerprint density at radius 1 is 1.00 bits per heavy atom. The van der Waals surface area contributed by atoms with E-state index in [4.69, 9.17) is 4.74 Å². The van der Waals surface area contributed by atoms with Gasteiger partial charge in [0.1, 0.15) is 0 Å². The summed E-state index contributed by atoms with van der Waals surface area (Å²) in [5, 5.41) is 0. The number of nitrogens with zero attached hydrogens (tertiary/aromatic N) is 1. The van der Waals surface area contributed by atoms with E-state index in [1.807, 2.05) is 48.7 Å². The Hall–Kier alpha value is -0.857. The molecule has 0 fully saturated rings. The number of benzene rings is 2. The molecule has 22 heavy (non-hydrogen) atoms. The van der Waals surface area contributed by atoms with Crippen molar-refractivity contribution in [2.24, 2.45) is 0 Å². The molecule has 0 saturated carbocycles. The first-order chi connectivity index (χ1) is 9.92. The Kier molecular flexibility index (Phi) is 6.05. The van der Waals surface area contributed by atoms with Gasteiger partial charge in [-0.15, -0.1) is 42.0 Å². The number of fused-ring (bicyclic) bond motifs is 3. The molecule has 2 radical (unpaired) electrons. The van der Waals surface area contributed by atoms with Crippen molar-refractivity contribution in [3.63, 3.8) is 0 Å². The third-order valence-corrected chi connectivity index (χ3v) is 3.34. The van der Waals surface area contributed by atoms with Gasteiger partial charge in [-0.25, -0.2) is 11.1 Å². The van der Waals surface area contributed by atoms with Gasteiger partial charge in [-0.3, -0.25) is 0 Å². The summed E-state index contributed by atoms with van der Waals surface area (Å²) in [4.78, 5) is 4.53. The fraction of sp³-hybridized carbons (Fsp3) is 0.0556. The third-order valence-electron chi connectivity index (χ3n) is 3.34. The van der Waals surface area contributed by atoms with Crippen LogP contribution < -0.4 is 4.74 Å². The van der Waals surface area contributed by atoms with Crippen molar-refractivity contribution in [3.8, 4) is 28.1 Å². The molecule has 2 nitrogen and oxygen atoms in total. The molecule has 0 N–H and O–H groups in total. The second-order valence-electron chi connectivity index (χ2n) is 4.61. The molecular formula is C18H10IrNOY-3. The van der Waals surface area contributed by atoms with Crippen molar-refractivity contribution in [2.45, 2.75) is 6.61 Å². The summed E-state index contributed by atoms with van der Waals surface area (Å²) < 4.78 is 5.76. The number of rotatable bonds is 1. The molecule has 1 aromatic heterocycles. The van der Waals surface area contributed by atoms with E-state index in [0.29, 0.717) is 12.4 Å². The second-order valence-corrected chi connectivity index (χ2v) is 4.61. The first-order valence-electron chi connectivity index (χ1n) is 6.44. The van der Waals surface area contributed by atoms with Crippen molar-refractivity contribution >= 4 is 0 Å². The summed E-state index contributed by atoms with van der Waals surface area (Å²) >= 11 is 0. The zero-order valence-electron chi connectivity index (χ0n) is 11.6. The summed E-state index contributed by atoms with van der Waals surface area (Å²) in [6, 6.07) is 23.4. The van der Waals surface area contributed by atoms with E-state index in [9.17, 15) is 0 Å². The van der Waals surface area contributed by atoms with Crippen molar-refractivity contribution in [1.29, 1.82) is 0 Å². The Balaban J connectivity index is 0.000000882. The maximum absolute atomic E-state index is 5.76. The van der Waals surface area contributed by atoms with Crippen LogP contribution in [0.4, 0.5) is 0 Å². The van der Waals surface area contributed by atoms with Gasteiger partial charge in [0.2, 0.25) is 0 Å². The minimum atomic E-state index is 0. The van der Waals surface area contributed by atoms with E-state index < -0.39 is 0 Å². The fourth-order valence-corrected chi connectivity index (χ4v) is 2.34. The predicted octanol–water partition coefficient (Wildman–Crippen LogP) is 3.70. The van der Waals surface area contributed by atoms with E-state index in [-0.39, 0.29) is 52.8 Å². The molecule has 3 aromatic rings. The number of pyridine rings is 1. The number of aromatic nitrogens is 1. The van der Waals surface area contributed by atoms with Gasteiger partial charge in [-0.1, -0.05) is 11.8 Å². The normalized spacial score (nSPS) is 11.1. The monoisotopic (exact) mass is 538 g/mol. The number of ether oxygens (including phenoxy) is 1. The van der Waals surface area contributed by atoms with Crippen LogP contribution in [-0.2, 0) is 59.4 Å².